The summed E-state index contributed by atoms with van der Waals surface area (Å²) in [7, 11) is 0. The van der Waals surface area contributed by atoms with Crippen molar-refractivity contribution < 1.29 is 9.59 Å². The minimum absolute atomic E-state index is 0. The second kappa shape index (κ2) is 7.79. The molecular formula is C16H26ClN3O2. The van der Waals surface area contributed by atoms with Crippen LogP contribution in [0.25, 0.3) is 0 Å². The van der Waals surface area contributed by atoms with Crippen LogP contribution >= 0.6 is 12.4 Å². The van der Waals surface area contributed by atoms with Gasteiger partial charge in [0.1, 0.15) is 5.69 Å². The number of aryl methyl sites for hydroxylation is 1. The maximum Gasteiger partial charge on any atom is 0.270 e. The molecule has 1 aliphatic rings. The van der Waals surface area contributed by atoms with Gasteiger partial charge in [-0.15, -0.1) is 12.4 Å². The summed E-state index contributed by atoms with van der Waals surface area (Å²) >= 11 is 0. The van der Waals surface area contributed by atoms with E-state index in [1.54, 1.807) is 6.92 Å². The van der Waals surface area contributed by atoms with Gasteiger partial charge in [-0.25, -0.2) is 0 Å². The lowest BCUT2D eigenvalue weighted by molar-refractivity contribution is 0.0686. The first-order valence-electron chi connectivity index (χ1n) is 7.69. The fourth-order valence-corrected chi connectivity index (χ4v) is 3.23. The third-order valence-electron chi connectivity index (χ3n) is 4.20. The monoisotopic (exact) mass is 327 g/mol. The van der Waals surface area contributed by atoms with Crippen LogP contribution in [0.4, 0.5) is 0 Å². The van der Waals surface area contributed by atoms with Crippen molar-refractivity contribution >= 4 is 24.1 Å². The average molecular weight is 328 g/mol. The molecule has 1 amide bonds. The van der Waals surface area contributed by atoms with Gasteiger partial charge in [-0.2, -0.15) is 0 Å². The van der Waals surface area contributed by atoms with Crippen molar-refractivity contribution in [2.45, 2.75) is 46.6 Å². The second-order valence-electron chi connectivity index (χ2n) is 5.83. The minimum atomic E-state index is 0. The molecule has 2 N–H and O–H groups in total. The summed E-state index contributed by atoms with van der Waals surface area (Å²) in [6.07, 6.45) is 1.92. The number of hydrogen-bond donors (Lipinski definition) is 2. The molecule has 2 heterocycles. The van der Waals surface area contributed by atoms with Crippen LogP contribution in [-0.4, -0.2) is 47.3 Å². The smallest absolute Gasteiger partial charge is 0.270 e. The molecular weight excluding hydrogens is 302 g/mol. The lowest BCUT2D eigenvalue weighted by Gasteiger charge is -2.28. The molecule has 2 rings (SSSR count). The van der Waals surface area contributed by atoms with E-state index in [1.807, 2.05) is 18.7 Å². The Morgan fingerprint density at radius 1 is 1.32 bits per heavy atom. The van der Waals surface area contributed by atoms with Crippen LogP contribution in [0, 0.1) is 13.8 Å². The molecule has 22 heavy (non-hydrogen) atoms. The Bertz CT molecular complexity index is 548. The third kappa shape index (κ3) is 3.52. The van der Waals surface area contributed by atoms with Gasteiger partial charge in [0.15, 0.2) is 5.78 Å². The number of nitrogens with zero attached hydrogens (tertiary/aromatic N) is 1. The van der Waals surface area contributed by atoms with Crippen LogP contribution in [0.2, 0.25) is 0 Å². The highest BCUT2D eigenvalue weighted by atomic mass is 35.5. The van der Waals surface area contributed by atoms with Crippen LogP contribution in [-0.2, 0) is 0 Å². The van der Waals surface area contributed by atoms with Crippen molar-refractivity contribution in [1.82, 2.24) is 15.2 Å². The summed E-state index contributed by atoms with van der Waals surface area (Å²) in [6, 6.07) is 0.251. The maximum atomic E-state index is 12.9. The number of carbonyl (C=O) groups is 2. The van der Waals surface area contributed by atoms with E-state index >= 15 is 0 Å². The van der Waals surface area contributed by atoms with E-state index < -0.39 is 0 Å². The Morgan fingerprint density at radius 3 is 2.45 bits per heavy atom. The lowest BCUT2D eigenvalue weighted by atomic mass is 10.1. The van der Waals surface area contributed by atoms with Crippen molar-refractivity contribution in [3.05, 3.63) is 22.5 Å². The van der Waals surface area contributed by atoms with E-state index in [0.717, 1.165) is 43.7 Å². The third-order valence-corrected chi connectivity index (χ3v) is 4.20. The van der Waals surface area contributed by atoms with Crippen LogP contribution < -0.4 is 5.32 Å². The second-order valence-corrected chi connectivity index (χ2v) is 5.83. The highest BCUT2D eigenvalue weighted by Gasteiger charge is 2.29. The van der Waals surface area contributed by atoms with Gasteiger partial charge in [-0.1, -0.05) is 6.92 Å². The molecule has 0 aliphatic carbocycles. The molecule has 0 saturated carbocycles. The van der Waals surface area contributed by atoms with Crippen molar-refractivity contribution in [2.75, 3.05) is 19.6 Å². The van der Waals surface area contributed by atoms with E-state index in [2.05, 4.69) is 17.2 Å². The molecule has 124 valence electrons. The summed E-state index contributed by atoms with van der Waals surface area (Å²) < 4.78 is 0. The molecule has 1 aromatic rings. The maximum absolute atomic E-state index is 12.9. The summed E-state index contributed by atoms with van der Waals surface area (Å²) in [6.45, 7) is 9.88. The number of rotatable bonds is 5. The molecule has 1 aromatic heterocycles. The zero-order valence-corrected chi connectivity index (χ0v) is 14.6. The molecule has 1 atom stereocenters. The average Bonchev–Trinajstić information content (AvgIpc) is 3.03. The summed E-state index contributed by atoms with van der Waals surface area (Å²) in [4.78, 5) is 29.7. The fraction of sp³-hybridized carbons (Fsp3) is 0.625. The number of halogens is 1. The Morgan fingerprint density at radius 2 is 2.00 bits per heavy atom. The van der Waals surface area contributed by atoms with Crippen molar-refractivity contribution in [3.63, 3.8) is 0 Å². The fourth-order valence-electron chi connectivity index (χ4n) is 3.23. The van der Waals surface area contributed by atoms with Gasteiger partial charge in [0, 0.05) is 30.4 Å². The predicted octanol–water partition coefficient (Wildman–Crippen LogP) is 2.47. The number of Topliss-reactive ketones (excluding diaryl/α,β-unsaturated/α-hetero) is 1. The number of aromatic nitrogens is 1. The molecule has 5 nitrogen and oxygen atoms in total. The molecule has 0 spiro atoms. The van der Waals surface area contributed by atoms with E-state index in [0.29, 0.717) is 11.3 Å². The van der Waals surface area contributed by atoms with E-state index in [1.165, 1.54) is 0 Å². The molecule has 1 saturated heterocycles. The van der Waals surface area contributed by atoms with Gasteiger partial charge < -0.3 is 15.2 Å². The standard InChI is InChI=1S/C16H25N3O2.ClH/c1-5-8-19(13-6-7-17-9-13)16(21)15-10(2)14(12(4)20)11(3)18-15;/h13,17-18H,5-9H2,1-4H3;1H. The Labute approximate surface area is 138 Å². The summed E-state index contributed by atoms with van der Waals surface area (Å²) in [5, 5.41) is 3.31. The van der Waals surface area contributed by atoms with E-state index in [-0.39, 0.29) is 30.1 Å². The highest BCUT2D eigenvalue weighted by molar-refractivity contribution is 6.02. The lowest BCUT2D eigenvalue weighted by Crippen LogP contribution is -2.42. The first-order chi connectivity index (χ1) is 9.97. The van der Waals surface area contributed by atoms with Crippen molar-refractivity contribution in [1.29, 1.82) is 0 Å². The van der Waals surface area contributed by atoms with E-state index in [9.17, 15) is 9.59 Å². The number of amides is 1. The van der Waals surface area contributed by atoms with Crippen molar-refractivity contribution in [2.24, 2.45) is 0 Å². The topological polar surface area (TPSA) is 65.2 Å². The predicted molar refractivity (Wildman–Crippen MR) is 90.1 cm³/mol. The first kappa shape index (κ1) is 18.7. The van der Waals surface area contributed by atoms with Crippen molar-refractivity contribution in [3.8, 4) is 0 Å². The van der Waals surface area contributed by atoms with Crippen LogP contribution in [0.15, 0.2) is 0 Å². The van der Waals surface area contributed by atoms with Crippen LogP contribution in [0.5, 0.6) is 0 Å². The Balaban J connectivity index is 0.00000242. The minimum Gasteiger partial charge on any atom is -0.354 e. The van der Waals surface area contributed by atoms with Crippen LogP contribution in [0.3, 0.4) is 0 Å². The molecule has 1 fully saturated rings. The van der Waals surface area contributed by atoms with Crippen LogP contribution in [0.1, 0.15) is 58.8 Å². The van der Waals surface area contributed by atoms with Gasteiger partial charge in [0.25, 0.3) is 5.91 Å². The molecule has 0 bridgehead atoms. The van der Waals surface area contributed by atoms with Gasteiger partial charge in [0.05, 0.1) is 0 Å². The zero-order valence-electron chi connectivity index (χ0n) is 13.8. The number of H-pyrrole nitrogens is 1. The summed E-state index contributed by atoms with van der Waals surface area (Å²) in [5.41, 5.74) is 2.78. The van der Waals surface area contributed by atoms with Gasteiger partial charge in [0.2, 0.25) is 0 Å². The molecule has 6 heteroatoms. The van der Waals surface area contributed by atoms with Gasteiger partial charge in [-0.05, 0) is 45.7 Å². The number of carbonyl (C=O) groups excluding carboxylic acids is 2. The zero-order chi connectivity index (χ0) is 15.6. The molecule has 0 radical (unpaired) electrons. The SMILES string of the molecule is CCCN(C(=O)c1[nH]c(C)c(C(C)=O)c1C)C1CCNC1.Cl. The number of ketones is 1. The molecule has 1 aliphatic heterocycles. The van der Waals surface area contributed by atoms with Gasteiger partial charge in [-0.3, -0.25) is 9.59 Å². The van der Waals surface area contributed by atoms with E-state index in [4.69, 9.17) is 0 Å². The first-order valence-corrected chi connectivity index (χ1v) is 7.69. The largest absolute Gasteiger partial charge is 0.354 e. The molecule has 0 aromatic carbocycles. The highest BCUT2D eigenvalue weighted by Crippen LogP contribution is 2.22. The normalized spacial score (nSPS) is 17.2. The quantitative estimate of drug-likeness (QED) is 0.816. The Kier molecular flexibility index (Phi) is 6.63. The Hall–Kier alpha value is -1.33. The number of aromatic amines is 1. The summed E-state index contributed by atoms with van der Waals surface area (Å²) in [5.74, 6) is 0.0172. The number of hydrogen-bond acceptors (Lipinski definition) is 3. The molecule has 1 unspecified atom stereocenters. The van der Waals surface area contributed by atoms with Gasteiger partial charge >= 0.3 is 0 Å². The number of nitrogens with one attached hydrogen (secondary N) is 2.